The Labute approximate surface area is 173 Å². The minimum atomic E-state index is 0.558. The van der Waals surface area contributed by atoms with Crippen LogP contribution in [0.5, 0.6) is 0 Å². The standard InChI is InChI=1S/C25H16ClN3/c1-29-15-21(18-9-5-6-10-23(18)29)25-20(14-27)24(16-7-3-2-4-8-16)19-13-17(26)11-12-22(19)28-25/h2-13,15H,1H3. The molecule has 0 saturated carbocycles. The fourth-order valence-electron chi connectivity index (χ4n) is 3.97. The van der Waals surface area contributed by atoms with Gasteiger partial charge in [0.2, 0.25) is 0 Å². The highest BCUT2D eigenvalue weighted by Crippen LogP contribution is 2.39. The molecule has 0 aliphatic heterocycles. The molecule has 0 aliphatic rings. The van der Waals surface area contributed by atoms with Crippen LogP contribution in [0.25, 0.3) is 44.2 Å². The molecule has 0 fully saturated rings. The quantitative estimate of drug-likeness (QED) is 0.339. The molecule has 2 heterocycles. The van der Waals surface area contributed by atoms with E-state index in [1.54, 1.807) is 0 Å². The monoisotopic (exact) mass is 393 g/mol. The van der Waals surface area contributed by atoms with Crippen molar-refractivity contribution in [3.8, 4) is 28.5 Å². The summed E-state index contributed by atoms with van der Waals surface area (Å²) < 4.78 is 2.07. The smallest absolute Gasteiger partial charge is 0.102 e. The summed E-state index contributed by atoms with van der Waals surface area (Å²) in [5.41, 5.74) is 5.96. The Hall–Kier alpha value is -3.61. The number of para-hydroxylation sites is 1. The Kier molecular flexibility index (Phi) is 4.08. The average Bonchev–Trinajstić information content (AvgIpc) is 3.09. The van der Waals surface area contributed by atoms with E-state index in [1.165, 1.54) is 0 Å². The van der Waals surface area contributed by atoms with Gasteiger partial charge in [0.05, 0.1) is 16.8 Å². The van der Waals surface area contributed by atoms with Crippen molar-refractivity contribution in [2.45, 2.75) is 0 Å². The highest BCUT2D eigenvalue weighted by Gasteiger charge is 2.20. The van der Waals surface area contributed by atoms with Gasteiger partial charge in [0.15, 0.2) is 0 Å². The molecule has 0 N–H and O–H groups in total. The second-order valence-electron chi connectivity index (χ2n) is 7.02. The van der Waals surface area contributed by atoms with Gasteiger partial charge in [-0.3, -0.25) is 0 Å². The van der Waals surface area contributed by atoms with E-state index in [9.17, 15) is 5.26 Å². The molecule has 5 aromatic rings. The Morgan fingerprint density at radius 3 is 2.48 bits per heavy atom. The molecule has 0 saturated heterocycles. The maximum Gasteiger partial charge on any atom is 0.102 e. The van der Waals surface area contributed by atoms with E-state index in [-0.39, 0.29) is 0 Å². The number of aromatic nitrogens is 2. The summed E-state index contributed by atoms with van der Waals surface area (Å²) >= 11 is 6.30. The fourth-order valence-corrected chi connectivity index (χ4v) is 4.15. The van der Waals surface area contributed by atoms with Crippen molar-refractivity contribution in [1.82, 2.24) is 9.55 Å². The summed E-state index contributed by atoms with van der Waals surface area (Å²) in [6.45, 7) is 0. The number of hydrogen-bond donors (Lipinski definition) is 0. The third-order valence-corrected chi connectivity index (χ3v) is 5.51. The lowest BCUT2D eigenvalue weighted by atomic mass is 9.92. The van der Waals surface area contributed by atoms with Gasteiger partial charge in [-0.25, -0.2) is 4.98 Å². The van der Waals surface area contributed by atoms with Crippen LogP contribution in [0.3, 0.4) is 0 Å². The largest absolute Gasteiger partial charge is 0.350 e. The number of rotatable bonds is 2. The van der Waals surface area contributed by atoms with Crippen LogP contribution in [0.4, 0.5) is 0 Å². The summed E-state index contributed by atoms with van der Waals surface area (Å²) in [6.07, 6.45) is 2.05. The van der Waals surface area contributed by atoms with Crippen molar-refractivity contribution in [1.29, 1.82) is 5.26 Å². The number of benzene rings is 3. The molecule has 0 bridgehead atoms. The zero-order valence-electron chi connectivity index (χ0n) is 15.7. The molecule has 0 atom stereocenters. The summed E-state index contributed by atoms with van der Waals surface area (Å²) in [7, 11) is 2.01. The van der Waals surface area contributed by atoms with Crippen LogP contribution >= 0.6 is 11.6 Å². The first-order valence-electron chi connectivity index (χ1n) is 9.30. The van der Waals surface area contributed by atoms with Gasteiger partial charge in [0, 0.05) is 45.7 Å². The van der Waals surface area contributed by atoms with Gasteiger partial charge in [0.25, 0.3) is 0 Å². The van der Waals surface area contributed by atoms with Gasteiger partial charge in [-0.2, -0.15) is 5.26 Å². The normalized spacial score (nSPS) is 11.1. The third-order valence-electron chi connectivity index (χ3n) is 5.27. The van der Waals surface area contributed by atoms with Gasteiger partial charge in [-0.15, -0.1) is 0 Å². The van der Waals surface area contributed by atoms with Gasteiger partial charge in [-0.1, -0.05) is 60.1 Å². The second kappa shape index (κ2) is 6.77. The van der Waals surface area contributed by atoms with Crippen LogP contribution in [0.1, 0.15) is 5.56 Å². The summed E-state index contributed by atoms with van der Waals surface area (Å²) in [5.74, 6) is 0. The zero-order chi connectivity index (χ0) is 20.0. The number of halogens is 1. The molecule has 4 heteroatoms. The van der Waals surface area contributed by atoms with Crippen molar-refractivity contribution in [2.75, 3.05) is 0 Å². The molecule has 29 heavy (non-hydrogen) atoms. The highest BCUT2D eigenvalue weighted by atomic mass is 35.5. The Bertz CT molecular complexity index is 1430. The molecular formula is C25H16ClN3. The number of pyridine rings is 1. The van der Waals surface area contributed by atoms with E-state index in [0.29, 0.717) is 16.3 Å². The van der Waals surface area contributed by atoms with E-state index in [1.807, 2.05) is 73.9 Å². The minimum Gasteiger partial charge on any atom is -0.350 e. The fraction of sp³-hybridized carbons (Fsp3) is 0.0400. The summed E-state index contributed by atoms with van der Waals surface area (Å²) in [4.78, 5) is 4.91. The number of nitrogens with zero attached hydrogens (tertiary/aromatic N) is 3. The van der Waals surface area contributed by atoms with Crippen molar-refractivity contribution in [3.05, 3.63) is 89.6 Å². The number of fused-ring (bicyclic) bond motifs is 2. The Morgan fingerprint density at radius 1 is 0.931 bits per heavy atom. The number of aryl methyl sites for hydroxylation is 1. The van der Waals surface area contributed by atoms with E-state index in [2.05, 4.69) is 22.8 Å². The molecule has 2 aromatic heterocycles. The maximum atomic E-state index is 10.2. The predicted octanol–water partition coefficient (Wildman–Crippen LogP) is 6.59. The molecule has 5 rings (SSSR count). The van der Waals surface area contributed by atoms with Gasteiger partial charge >= 0.3 is 0 Å². The molecule has 0 amide bonds. The second-order valence-corrected chi connectivity index (χ2v) is 7.46. The molecule has 3 nitrogen and oxygen atoms in total. The van der Waals surface area contributed by atoms with Crippen LogP contribution < -0.4 is 0 Å². The first kappa shape index (κ1) is 17.5. The lowest BCUT2D eigenvalue weighted by molar-refractivity contribution is 0.969. The van der Waals surface area contributed by atoms with E-state index < -0.39 is 0 Å². The van der Waals surface area contributed by atoms with Crippen LogP contribution in [-0.2, 0) is 7.05 Å². The van der Waals surface area contributed by atoms with Gasteiger partial charge < -0.3 is 4.57 Å². The lowest BCUT2D eigenvalue weighted by Crippen LogP contribution is -1.96. The molecular weight excluding hydrogens is 378 g/mol. The molecule has 0 radical (unpaired) electrons. The van der Waals surface area contributed by atoms with Crippen LogP contribution in [0.15, 0.2) is 79.0 Å². The molecule has 0 aliphatic carbocycles. The van der Waals surface area contributed by atoms with Crippen LogP contribution in [0, 0.1) is 11.3 Å². The predicted molar refractivity (Wildman–Crippen MR) is 119 cm³/mol. The number of nitriles is 1. The Balaban J connectivity index is 1.95. The molecule has 0 spiro atoms. The lowest BCUT2D eigenvalue weighted by Gasteiger charge is -2.13. The first-order valence-corrected chi connectivity index (χ1v) is 9.68. The van der Waals surface area contributed by atoms with Crippen molar-refractivity contribution in [2.24, 2.45) is 7.05 Å². The van der Waals surface area contributed by atoms with E-state index >= 15 is 0 Å². The van der Waals surface area contributed by atoms with E-state index in [4.69, 9.17) is 16.6 Å². The summed E-state index contributed by atoms with van der Waals surface area (Å²) in [6, 6.07) is 26.2. The minimum absolute atomic E-state index is 0.558. The SMILES string of the molecule is Cn1cc(-c2nc3ccc(Cl)cc3c(-c3ccccc3)c2C#N)c2ccccc21. The van der Waals surface area contributed by atoms with Gasteiger partial charge in [-0.05, 0) is 29.8 Å². The highest BCUT2D eigenvalue weighted by molar-refractivity contribution is 6.31. The van der Waals surface area contributed by atoms with Crippen molar-refractivity contribution >= 4 is 33.4 Å². The van der Waals surface area contributed by atoms with Crippen molar-refractivity contribution in [3.63, 3.8) is 0 Å². The number of hydrogen-bond acceptors (Lipinski definition) is 2. The van der Waals surface area contributed by atoms with Crippen LogP contribution in [0.2, 0.25) is 5.02 Å². The maximum absolute atomic E-state index is 10.2. The Morgan fingerprint density at radius 2 is 1.69 bits per heavy atom. The molecule has 3 aromatic carbocycles. The zero-order valence-corrected chi connectivity index (χ0v) is 16.5. The molecule has 0 unspecified atom stereocenters. The van der Waals surface area contributed by atoms with Crippen LogP contribution in [-0.4, -0.2) is 9.55 Å². The average molecular weight is 394 g/mol. The van der Waals surface area contributed by atoms with Gasteiger partial charge in [0.1, 0.15) is 6.07 Å². The first-order chi connectivity index (χ1) is 14.2. The molecule has 138 valence electrons. The van der Waals surface area contributed by atoms with Crippen molar-refractivity contribution < 1.29 is 0 Å². The topological polar surface area (TPSA) is 41.6 Å². The van der Waals surface area contributed by atoms with E-state index in [0.717, 1.165) is 38.5 Å². The summed E-state index contributed by atoms with van der Waals surface area (Å²) in [5, 5.41) is 12.8. The third kappa shape index (κ3) is 2.77.